The van der Waals surface area contributed by atoms with Gasteiger partial charge in [0, 0.05) is 17.6 Å². The molecule has 1 aliphatic carbocycles. The Morgan fingerprint density at radius 2 is 1.94 bits per heavy atom. The van der Waals surface area contributed by atoms with Crippen LogP contribution in [-0.4, -0.2) is 37.5 Å². The first kappa shape index (κ1) is 21.5. The lowest BCUT2D eigenvalue weighted by molar-refractivity contribution is -0.118. The number of hydrogen-bond donors (Lipinski definition) is 1. The molecule has 33 heavy (non-hydrogen) atoms. The summed E-state index contributed by atoms with van der Waals surface area (Å²) in [5, 5.41) is 13.5. The molecular weight excluding hydrogens is 434 g/mol. The van der Waals surface area contributed by atoms with Gasteiger partial charge in [0.15, 0.2) is 11.0 Å². The number of rotatable bonds is 8. The second-order valence-corrected chi connectivity index (χ2v) is 9.15. The monoisotopic (exact) mass is 459 g/mol. The summed E-state index contributed by atoms with van der Waals surface area (Å²) in [5.74, 6) is 1.69. The molecule has 5 rings (SSSR count). The van der Waals surface area contributed by atoms with Crippen LogP contribution in [0.25, 0.3) is 16.6 Å². The maximum Gasteiger partial charge on any atom is 0.230 e. The van der Waals surface area contributed by atoms with Gasteiger partial charge in [0.1, 0.15) is 17.9 Å². The maximum atomic E-state index is 12.3. The molecular formula is C25H25N5O2S. The highest BCUT2D eigenvalue weighted by molar-refractivity contribution is 7.99. The number of nitrogens with zero attached hydrogens (tertiary/aromatic N) is 4. The maximum absolute atomic E-state index is 12.3. The molecule has 0 spiro atoms. The molecule has 7 nitrogen and oxygen atoms in total. The van der Waals surface area contributed by atoms with Gasteiger partial charge < -0.3 is 10.1 Å². The van der Waals surface area contributed by atoms with E-state index in [4.69, 9.17) is 4.74 Å². The van der Waals surface area contributed by atoms with Gasteiger partial charge in [-0.05, 0) is 56.0 Å². The summed E-state index contributed by atoms with van der Waals surface area (Å²) in [6.45, 7) is 4.39. The average Bonchev–Trinajstić information content (AvgIpc) is 3.55. The second-order valence-electron chi connectivity index (χ2n) is 8.20. The quantitative estimate of drug-likeness (QED) is 0.394. The number of ether oxygens (including phenoxy) is 1. The van der Waals surface area contributed by atoms with Crippen LogP contribution in [-0.2, 0) is 11.4 Å². The lowest BCUT2D eigenvalue weighted by Gasteiger charge is -2.15. The Balaban J connectivity index is 1.44. The molecule has 2 aromatic heterocycles. The zero-order valence-electron chi connectivity index (χ0n) is 18.6. The molecule has 4 aromatic rings. The number of para-hydroxylation sites is 1. The first-order valence-corrected chi connectivity index (χ1v) is 12.0. The molecule has 0 radical (unpaired) electrons. The highest BCUT2D eigenvalue weighted by Crippen LogP contribution is 2.28. The molecule has 1 N–H and O–H groups in total. The van der Waals surface area contributed by atoms with Gasteiger partial charge >= 0.3 is 0 Å². The minimum absolute atomic E-state index is 0.0256. The Labute approximate surface area is 196 Å². The first-order chi connectivity index (χ1) is 16.1. The number of carbonyl (C=O) groups is 1. The number of carbonyl (C=O) groups excluding carboxylic acids is 1. The van der Waals surface area contributed by atoms with E-state index in [2.05, 4.69) is 40.4 Å². The topological polar surface area (TPSA) is 81.9 Å². The zero-order chi connectivity index (χ0) is 22.8. The number of aromatic nitrogens is 4. The van der Waals surface area contributed by atoms with E-state index in [-0.39, 0.29) is 12.5 Å². The van der Waals surface area contributed by atoms with Crippen molar-refractivity contribution >= 4 is 28.6 Å². The Kier molecular flexibility index (Phi) is 6.00. The minimum atomic E-state index is 0.0256. The van der Waals surface area contributed by atoms with E-state index in [1.807, 2.05) is 47.0 Å². The number of aryl methyl sites for hydroxylation is 1. The van der Waals surface area contributed by atoms with E-state index in [0.717, 1.165) is 35.0 Å². The summed E-state index contributed by atoms with van der Waals surface area (Å²) in [6, 6.07) is 16.3. The van der Waals surface area contributed by atoms with Crippen molar-refractivity contribution in [2.75, 3.05) is 5.75 Å². The minimum Gasteiger partial charge on any atom is -0.483 e. The van der Waals surface area contributed by atoms with Gasteiger partial charge in [-0.1, -0.05) is 42.1 Å². The Morgan fingerprint density at radius 3 is 2.79 bits per heavy atom. The molecule has 2 aromatic carbocycles. The van der Waals surface area contributed by atoms with Crippen LogP contribution in [0.1, 0.15) is 29.8 Å². The van der Waals surface area contributed by atoms with Gasteiger partial charge in [-0.2, -0.15) is 0 Å². The van der Waals surface area contributed by atoms with Crippen molar-refractivity contribution in [3.63, 3.8) is 0 Å². The first-order valence-electron chi connectivity index (χ1n) is 11.0. The van der Waals surface area contributed by atoms with Gasteiger partial charge in [-0.25, -0.2) is 0 Å². The molecule has 0 aliphatic heterocycles. The standard InChI is InChI=1S/C25H25N5O2S/c1-16-6-3-9-20(17(16)2)30-22(28-29-25(30)33-15-23(31)27-19-11-12-19)14-32-21-10-4-7-18-8-5-13-26-24(18)21/h3-10,13,19H,11-12,14-15H2,1-2H3,(H,27,31). The summed E-state index contributed by atoms with van der Waals surface area (Å²) in [7, 11) is 0. The zero-order valence-corrected chi connectivity index (χ0v) is 19.4. The molecule has 1 amide bonds. The van der Waals surface area contributed by atoms with Gasteiger partial charge in [-0.3, -0.25) is 14.3 Å². The predicted molar refractivity (Wildman–Crippen MR) is 129 cm³/mol. The van der Waals surface area contributed by atoms with Crippen LogP contribution in [0.15, 0.2) is 59.9 Å². The van der Waals surface area contributed by atoms with Crippen LogP contribution >= 0.6 is 11.8 Å². The normalized spacial score (nSPS) is 13.3. The molecule has 2 heterocycles. The van der Waals surface area contributed by atoms with Crippen LogP contribution in [0.4, 0.5) is 0 Å². The summed E-state index contributed by atoms with van der Waals surface area (Å²) in [6.07, 6.45) is 3.90. The van der Waals surface area contributed by atoms with Crippen LogP contribution in [0.5, 0.6) is 5.75 Å². The van der Waals surface area contributed by atoms with E-state index in [1.54, 1.807) is 6.20 Å². The van der Waals surface area contributed by atoms with E-state index in [9.17, 15) is 4.79 Å². The molecule has 1 fully saturated rings. The molecule has 0 saturated heterocycles. The fourth-order valence-corrected chi connectivity index (χ4v) is 4.44. The van der Waals surface area contributed by atoms with E-state index >= 15 is 0 Å². The van der Waals surface area contributed by atoms with E-state index in [0.29, 0.717) is 28.5 Å². The third kappa shape index (κ3) is 4.71. The molecule has 0 unspecified atom stereocenters. The number of hydrogen-bond acceptors (Lipinski definition) is 6. The van der Waals surface area contributed by atoms with Gasteiger partial charge in [0.05, 0.1) is 11.4 Å². The van der Waals surface area contributed by atoms with Crippen molar-refractivity contribution in [1.29, 1.82) is 0 Å². The molecule has 8 heteroatoms. The van der Waals surface area contributed by atoms with Crippen LogP contribution in [0.3, 0.4) is 0 Å². The Morgan fingerprint density at radius 1 is 1.12 bits per heavy atom. The highest BCUT2D eigenvalue weighted by atomic mass is 32.2. The molecule has 0 bridgehead atoms. The third-order valence-corrected chi connectivity index (χ3v) is 6.67. The Bertz CT molecular complexity index is 1310. The van der Waals surface area contributed by atoms with E-state index < -0.39 is 0 Å². The van der Waals surface area contributed by atoms with Crippen LogP contribution in [0, 0.1) is 13.8 Å². The summed E-state index contributed by atoms with van der Waals surface area (Å²) in [4.78, 5) is 16.7. The molecule has 168 valence electrons. The van der Waals surface area contributed by atoms with Crippen molar-refractivity contribution in [1.82, 2.24) is 25.1 Å². The highest BCUT2D eigenvalue weighted by Gasteiger charge is 2.24. The molecule has 1 saturated carbocycles. The number of nitrogens with one attached hydrogen (secondary N) is 1. The third-order valence-electron chi connectivity index (χ3n) is 5.74. The lowest BCUT2D eigenvalue weighted by atomic mass is 10.1. The smallest absolute Gasteiger partial charge is 0.230 e. The number of pyridine rings is 1. The second kappa shape index (κ2) is 9.23. The van der Waals surface area contributed by atoms with Crippen molar-refractivity contribution in [3.05, 3.63) is 71.7 Å². The van der Waals surface area contributed by atoms with Gasteiger partial charge in [-0.15, -0.1) is 10.2 Å². The number of benzene rings is 2. The van der Waals surface area contributed by atoms with Crippen molar-refractivity contribution in [2.45, 2.75) is 44.5 Å². The van der Waals surface area contributed by atoms with E-state index in [1.165, 1.54) is 17.3 Å². The molecule has 0 atom stereocenters. The fourth-order valence-electron chi connectivity index (χ4n) is 3.67. The van der Waals surface area contributed by atoms with Crippen molar-refractivity contribution < 1.29 is 9.53 Å². The van der Waals surface area contributed by atoms with Gasteiger partial charge in [0.2, 0.25) is 5.91 Å². The van der Waals surface area contributed by atoms with Gasteiger partial charge in [0.25, 0.3) is 0 Å². The predicted octanol–water partition coefficient (Wildman–Crippen LogP) is 4.38. The largest absolute Gasteiger partial charge is 0.483 e. The average molecular weight is 460 g/mol. The Hall–Kier alpha value is -3.39. The van der Waals surface area contributed by atoms with Crippen molar-refractivity contribution in [3.8, 4) is 11.4 Å². The summed E-state index contributed by atoms with van der Waals surface area (Å²) < 4.78 is 8.16. The summed E-state index contributed by atoms with van der Waals surface area (Å²) >= 11 is 1.39. The summed E-state index contributed by atoms with van der Waals surface area (Å²) in [5.41, 5.74) is 4.10. The van der Waals surface area contributed by atoms with Crippen molar-refractivity contribution in [2.24, 2.45) is 0 Å². The lowest BCUT2D eigenvalue weighted by Crippen LogP contribution is -2.27. The number of amides is 1. The fraction of sp³-hybridized carbons (Fsp3) is 0.280. The number of fused-ring (bicyclic) bond motifs is 1. The SMILES string of the molecule is Cc1cccc(-n2c(COc3cccc4cccnc34)nnc2SCC(=O)NC2CC2)c1C. The van der Waals surface area contributed by atoms with Crippen LogP contribution in [0.2, 0.25) is 0 Å². The van der Waals surface area contributed by atoms with Crippen LogP contribution < -0.4 is 10.1 Å². The molecule has 1 aliphatic rings. The number of thioether (sulfide) groups is 1.